The molecule has 3 aromatic carbocycles. The van der Waals surface area contributed by atoms with E-state index in [9.17, 15) is 19.5 Å². The highest BCUT2D eigenvalue weighted by molar-refractivity contribution is 7.98. The van der Waals surface area contributed by atoms with Crippen LogP contribution in [0.25, 0.3) is 11.1 Å². The van der Waals surface area contributed by atoms with Gasteiger partial charge in [0.25, 0.3) is 0 Å². The van der Waals surface area contributed by atoms with E-state index in [4.69, 9.17) is 0 Å². The maximum absolute atomic E-state index is 14.0. The molecule has 0 unspecified atom stereocenters. The molecule has 0 radical (unpaired) electrons. The van der Waals surface area contributed by atoms with Crippen molar-refractivity contribution in [1.82, 2.24) is 26.2 Å². The van der Waals surface area contributed by atoms with Gasteiger partial charge in [0.1, 0.15) is 6.04 Å². The summed E-state index contributed by atoms with van der Waals surface area (Å²) in [5.41, 5.74) is 5.61. The minimum absolute atomic E-state index is 0.116. The molecular weight excluding hydrogens is 586 g/mol. The van der Waals surface area contributed by atoms with Crippen molar-refractivity contribution in [2.45, 2.75) is 75.8 Å². The standard InChI is InChI=1S/C35H45N5O4S/c1-23(41)19-38-35(2,3)18-32(42)39-31-17-28-16-29(45-5)15-14-27(28)22-40(33(31)43)21-24-10-12-25(13-11-24)30-9-7-6-8-26(30)20-37-34(44)36-4/h6-16,23,31,38,41H,17-22H2,1-5H3,(H,39,42)(H2,36,37,44)/t23-,31-/m1/s1. The van der Waals surface area contributed by atoms with Crippen LogP contribution in [0.2, 0.25) is 0 Å². The largest absolute Gasteiger partial charge is 0.392 e. The Balaban J connectivity index is 1.53. The number of urea groups is 1. The topological polar surface area (TPSA) is 123 Å². The van der Waals surface area contributed by atoms with Gasteiger partial charge in [-0.15, -0.1) is 11.8 Å². The van der Waals surface area contributed by atoms with Crippen molar-refractivity contribution in [1.29, 1.82) is 0 Å². The molecule has 0 aliphatic carbocycles. The summed E-state index contributed by atoms with van der Waals surface area (Å²) in [5, 5.41) is 21.4. The lowest BCUT2D eigenvalue weighted by Gasteiger charge is -2.29. The zero-order valence-electron chi connectivity index (χ0n) is 26.8. The van der Waals surface area contributed by atoms with E-state index in [1.54, 1.807) is 25.7 Å². The molecule has 0 saturated heterocycles. The molecule has 1 heterocycles. The van der Waals surface area contributed by atoms with Crippen molar-refractivity contribution in [3.8, 4) is 11.1 Å². The number of hydrogen-bond acceptors (Lipinski definition) is 6. The number of benzene rings is 3. The van der Waals surface area contributed by atoms with Crippen LogP contribution in [0.3, 0.4) is 0 Å². The quantitative estimate of drug-likeness (QED) is 0.191. The highest BCUT2D eigenvalue weighted by Gasteiger charge is 2.32. The first-order chi connectivity index (χ1) is 21.5. The summed E-state index contributed by atoms with van der Waals surface area (Å²) in [5.74, 6) is -0.329. The van der Waals surface area contributed by atoms with Gasteiger partial charge < -0.3 is 31.3 Å². The number of carbonyl (C=O) groups excluding carboxylic acids is 3. The number of nitrogens with zero attached hydrogens (tertiary/aromatic N) is 1. The summed E-state index contributed by atoms with van der Waals surface area (Å²) >= 11 is 1.65. The molecule has 240 valence electrons. The molecule has 0 spiro atoms. The number of rotatable bonds is 12. The van der Waals surface area contributed by atoms with Gasteiger partial charge in [0.15, 0.2) is 0 Å². The second kappa shape index (κ2) is 15.4. The second-order valence-corrected chi connectivity index (χ2v) is 13.1. The summed E-state index contributed by atoms with van der Waals surface area (Å²) in [6, 6.07) is 21.4. The van der Waals surface area contributed by atoms with Crippen LogP contribution in [0.1, 0.15) is 49.4 Å². The Morgan fingerprint density at radius 1 is 1.07 bits per heavy atom. The fourth-order valence-corrected chi connectivity index (χ4v) is 5.96. The number of carbonyl (C=O) groups is 3. The fourth-order valence-electron chi connectivity index (χ4n) is 5.49. The van der Waals surface area contributed by atoms with E-state index >= 15 is 0 Å². The first kappa shape index (κ1) is 34.0. The van der Waals surface area contributed by atoms with Gasteiger partial charge >= 0.3 is 6.03 Å². The third-order valence-corrected chi connectivity index (χ3v) is 8.67. The van der Waals surface area contributed by atoms with Gasteiger partial charge in [-0.25, -0.2) is 4.79 Å². The van der Waals surface area contributed by atoms with Crippen LogP contribution >= 0.6 is 11.8 Å². The van der Waals surface area contributed by atoms with Crippen molar-refractivity contribution in [3.63, 3.8) is 0 Å². The molecule has 9 nitrogen and oxygen atoms in total. The van der Waals surface area contributed by atoms with Crippen LogP contribution in [0.5, 0.6) is 0 Å². The van der Waals surface area contributed by atoms with Crippen LogP contribution in [0, 0.1) is 0 Å². The maximum Gasteiger partial charge on any atom is 0.314 e. The molecule has 2 atom stereocenters. The van der Waals surface area contributed by atoms with E-state index in [0.29, 0.717) is 32.6 Å². The number of fused-ring (bicyclic) bond motifs is 1. The Bertz CT molecular complexity index is 1490. The van der Waals surface area contributed by atoms with Crippen LogP contribution in [0.15, 0.2) is 71.6 Å². The van der Waals surface area contributed by atoms with Gasteiger partial charge in [0, 0.05) is 56.5 Å². The Kier molecular flexibility index (Phi) is 11.7. The number of hydrogen-bond donors (Lipinski definition) is 5. The molecule has 1 aliphatic heterocycles. The van der Waals surface area contributed by atoms with E-state index in [-0.39, 0.29) is 24.3 Å². The third kappa shape index (κ3) is 9.56. The van der Waals surface area contributed by atoms with Crippen molar-refractivity contribution in [2.75, 3.05) is 19.8 Å². The van der Waals surface area contributed by atoms with Crippen LogP contribution < -0.4 is 21.3 Å². The zero-order valence-corrected chi connectivity index (χ0v) is 27.6. The molecule has 4 amide bonds. The minimum Gasteiger partial charge on any atom is -0.392 e. The molecule has 4 rings (SSSR count). The lowest BCUT2D eigenvalue weighted by Crippen LogP contribution is -2.51. The van der Waals surface area contributed by atoms with Gasteiger partial charge in [-0.05, 0) is 72.5 Å². The Morgan fingerprint density at radius 3 is 2.49 bits per heavy atom. The van der Waals surface area contributed by atoms with E-state index < -0.39 is 17.7 Å². The van der Waals surface area contributed by atoms with Crippen molar-refractivity contribution < 1.29 is 19.5 Å². The van der Waals surface area contributed by atoms with E-state index in [1.165, 1.54) is 0 Å². The molecule has 10 heteroatoms. The predicted molar refractivity (Wildman–Crippen MR) is 180 cm³/mol. The average molecular weight is 632 g/mol. The molecule has 5 N–H and O–H groups in total. The molecule has 0 saturated carbocycles. The summed E-state index contributed by atoms with van der Waals surface area (Å²) in [6.07, 6.45) is 2.09. The van der Waals surface area contributed by atoms with Crippen molar-refractivity contribution >= 4 is 29.6 Å². The lowest BCUT2D eigenvalue weighted by atomic mass is 9.98. The van der Waals surface area contributed by atoms with Crippen LogP contribution in [0.4, 0.5) is 4.79 Å². The van der Waals surface area contributed by atoms with Gasteiger partial charge in [0.05, 0.1) is 6.10 Å². The number of amides is 4. The predicted octanol–water partition coefficient (Wildman–Crippen LogP) is 4.21. The van der Waals surface area contributed by atoms with Gasteiger partial charge in [-0.3, -0.25) is 9.59 Å². The smallest absolute Gasteiger partial charge is 0.314 e. The van der Waals surface area contributed by atoms with Crippen LogP contribution in [-0.2, 0) is 35.6 Å². The maximum atomic E-state index is 14.0. The molecular formula is C35H45N5O4S. The van der Waals surface area contributed by atoms with Gasteiger partial charge in [-0.2, -0.15) is 0 Å². The number of thioether (sulfide) groups is 1. The summed E-state index contributed by atoms with van der Waals surface area (Å²) < 4.78 is 0. The molecule has 0 aromatic heterocycles. The molecule has 3 aromatic rings. The summed E-state index contributed by atoms with van der Waals surface area (Å²) in [4.78, 5) is 41.9. The summed E-state index contributed by atoms with van der Waals surface area (Å²) in [7, 11) is 1.59. The molecule has 45 heavy (non-hydrogen) atoms. The first-order valence-corrected chi connectivity index (χ1v) is 16.5. The van der Waals surface area contributed by atoms with Gasteiger partial charge in [-0.1, -0.05) is 54.6 Å². The molecule has 1 aliphatic rings. The third-order valence-electron chi connectivity index (χ3n) is 7.94. The van der Waals surface area contributed by atoms with Crippen molar-refractivity contribution in [3.05, 3.63) is 89.0 Å². The van der Waals surface area contributed by atoms with Gasteiger partial charge in [0.2, 0.25) is 11.8 Å². The Hall–Kier alpha value is -3.86. The van der Waals surface area contributed by atoms with E-state index in [0.717, 1.165) is 38.3 Å². The molecule has 0 fully saturated rings. The average Bonchev–Trinajstić information content (AvgIpc) is 3.14. The summed E-state index contributed by atoms with van der Waals surface area (Å²) in [6.45, 7) is 7.15. The Labute approximate surface area is 270 Å². The second-order valence-electron chi connectivity index (χ2n) is 12.2. The first-order valence-electron chi connectivity index (χ1n) is 15.3. The highest BCUT2D eigenvalue weighted by Crippen LogP contribution is 2.28. The van der Waals surface area contributed by atoms with E-state index in [1.807, 2.05) is 73.5 Å². The number of aliphatic hydroxyl groups is 1. The number of β-amino-alcohol motifs (C(OH)–C–C–N with tert-alkyl or cyclic N) is 1. The number of nitrogens with one attached hydrogen (secondary N) is 4. The minimum atomic E-state index is -0.692. The fraction of sp³-hybridized carbons (Fsp3) is 0.400. The molecule has 0 bridgehead atoms. The Morgan fingerprint density at radius 2 is 1.80 bits per heavy atom. The lowest BCUT2D eigenvalue weighted by molar-refractivity contribution is -0.137. The zero-order chi connectivity index (χ0) is 32.6. The van der Waals surface area contributed by atoms with E-state index in [2.05, 4.69) is 39.5 Å². The monoisotopic (exact) mass is 631 g/mol. The highest BCUT2D eigenvalue weighted by atomic mass is 32.2. The normalized spacial score (nSPS) is 15.6. The van der Waals surface area contributed by atoms with Crippen molar-refractivity contribution in [2.24, 2.45) is 0 Å². The SMILES string of the molecule is CNC(=O)NCc1ccccc1-c1ccc(CN2Cc3ccc(SC)cc3C[C@@H](NC(=O)CC(C)(C)NC[C@@H](C)O)C2=O)cc1. The number of aliphatic hydroxyl groups excluding tert-OH is 1. The van der Waals surface area contributed by atoms with Crippen LogP contribution in [-0.4, -0.2) is 65.4 Å².